The second kappa shape index (κ2) is 4.65. The molecule has 0 saturated heterocycles. The minimum atomic E-state index is -0.112. The maximum absolute atomic E-state index is 11.9. The highest BCUT2D eigenvalue weighted by molar-refractivity contribution is 7.98. The molecule has 0 aliphatic heterocycles. The Morgan fingerprint density at radius 3 is 3.06 bits per heavy atom. The average molecular weight is 239 g/mol. The molecule has 0 aliphatic carbocycles. The zero-order valence-electron chi connectivity index (χ0n) is 9.25. The second-order valence-electron chi connectivity index (χ2n) is 3.47. The Kier molecular flexibility index (Phi) is 3.23. The van der Waals surface area contributed by atoms with Crippen molar-refractivity contribution in [3.63, 3.8) is 0 Å². The first-order valence-corrected chi connectivity index (χ1v) is 6.38. The summed E-state index contributed by atoms with van der Waals surface area (Å²) in [7, 11) is 1.74. The Hall–Kier alpha value is -1.37. The number of hydrogen-bond acceptors (Lipinski definition) is 5. The number of hydrogen-bond donors (Lipinski definition) is 0. The number of fused-ring (bicyclic) bond motifs is 1. The first kappa shape index (κ1) is 11.1. The summed E-state index contributed by atoms with van der Waals surface area (Å²) in [5.41, 5.74) is 0.422. The third-order valence-electron chi connectivity index (χ3n) is 2.34. The third kappa shape index (κ3) is 1.95. The molecule has 0 saturated carbocycles. The second-order valence-corrected chi connectivity index (χ2v) is 4.46. The molecule has 0 N–H and O–H groups in total. The fourth-order valence-electron chi connectivity index (χ4n) is 1.48. The summed E-state index contributed by atoms with van der Waals surface area (Å²) >= 11 is 1.75. The van der Waals surface area contributed by atoms with E-state index >= 15 is 0 Å². The standard InChI is InChI=1S/C9H13N5OS/c1-13-8-7(6-10-13)9(15)14(12-11-8)4-3-5-16-2/h6H,3-5H2,1-2H3. The Morgan fingerprint density at radius 2 is 2.31 bits per heavy atom. The maximum atomic E-state index is 11.9. The molecular formula is C9H13N5OS. The predicted molar refractivity (Wildman–Crippen MR) is 63.6 cm³/mol. The van der Waals surface area contributed by atoms with Crippen molar-refractivity contribution >= 4 is 22.8 Å². The molecular weight excluding hydrogens is 226 g/mol. The smallest absolute Gasteiger partial charge is 0.267 e. The zero-order valence-corrected chi connectivity index (χ0v) is 10.1. The van der Waals surface area contributed by atoms with Gasteiger partial charge < -0.3 is 0 Å². The molecule has 0 spiro atoms. The first-order valence-electron chi connectivity index (χ1n) is 4.98. The Morgan fingerprint density at radius 1 is 1.50 bits per heavy atom. The van der Waals surface area contributed by atoms with Gasteiger partial charge in [-0.2, -0.15) is 16.9 Å². The van der Waals surface area contributed by atoms with E-state index in [1.807, 2.05) is 6.26 Å². The number of rotatable bonds is 4. The molecule has 2 heterocycles. The maximum Gasteiger partial charge on any atom is 0.280 e. The number of nitrogens with zero attached hydrogens (tertiary/aromatic N) is 5. The summed E-state index contributed by atoms with van der Waals surface area (Å²) in [6, 6.07) is 0. The van der Waals surface area contributed by atoms with Crippen LogP contribution in [0.4, 0.5) is 0 Å². The van der Waals surface area contributed by atoms with Gasteiger partial charge in [0.1, 0.15) is 5.39 Å². The van der Waals surface area contributed by atoms with Gasteiger partial charge in [0.05, 0.1) is 6.20 Å². The van der Waals surface area contributed by atoms with Gasteiger partial charge in [-0.25, -0.2) is 9.36 Å². The van der Waals surface area contributed by atoms with Gasteiger partial charge in [0.2, 0.25) is 0 Å². The molecule has 0 amide bonds. The molecule has 86 valence electrons. The molecule has 0 atom stereocenters. The summed E-state index contributed by atoms with van der Waals surface area (Å²) in [6.45, 7) is 0.609. The largest absolute Gasteiger partial charge is 0.280 e. The van der Waals surface area contributed by atoms with Crippen LogP contribution in [0.25, 0.3) is 11.0 Å². The number of aryl methyl sites for hydroxylation is 2. The van der Waals surface area contributed by atoms with Gasteiger partial charge in [-0.15, -0.1) is 5.10 Å². The van der Waals surface area contributed by atoms with Crippen molar-refractivity contribution in [3.8, 4) is 0 Å². The minimum absolute atomic E-state index is 0.112. The molecule has 0 aliphatic rings. The van der Waals surface area contributed by atoms with E-state index in [9.17, 15) is 4.79 Å². The van der Waals surface area contributed by atoms with Gasteiger partial charge in [-0.05, 0) is 18.4 Å². The molecule has 0 fully saturated rings. The third-order valence-corrected chi connectivity index (χ3v) is 3.04. The van der Waals surface area contributed by atoms with Crippen LogP contribution in [-0.2, 0) is 13.6 Å². The lowest BCUT2D eigenvalue weighted by Crippen LogP contribution is -2.24. The minimum Gasteiger partial charge on any atom is -0.267 e. The summed E-state index contributed by atoms with van der Waals surface area (Å²) < 4.78 is 2.95. The van der Waals surface area contributed by atoms with E-state index in [0.717, 1.165) is 12.2 Å². The van der Waals surface area contributed by atoms with Gasteiger partial charge in [-0.1, -0.05) is 5.21 Å². The van der Waals surface area contributed by atoms with Crippen LogP contribution in [0.1, 0.15) is 6.42 Å². The Balaban J connectivity index is 2.34. The van der Waals surface area contributed by atoms with E-state index in [-0.39, 0.29) is 5.56 Å². The molecule has 2 rings (SSSR count). The van der Waals surface area contributed by atoms with Crippen molar-refractivity contribution < 1.29 is 0 Å². The molecule has 2 aromatic heterocycles. The molecule has 0 unspecified atom stereocenters. The van der Waals surface area contributed by atoms with Crippen molar-refractivity contribution in [2.45, 2.75) is 13.0 Å². The lowest BCUT2D eigenvalue weighted by molar-refractivity contribution is 0.541. The van der Waals surface area contributed by atoms with E-state index in [2.05, 4.69) is 15.4 Å². The SMILES string of the molecule is CSCCCn1nnc2c(cnn2C)c1=O. The van der Waals surface area contributed by atoms with Crippen LogP contribution in [0.15, 0.2) is 11.0 Å². The van der Waals surface area contributed by atoms with Crippen LogP contribution in [0, 0.1) is 0 Å². The zero-order chi connectivity index (χ0) is 11.5. The van der Waals surface area contributed by atoms with E-state index in [4.69, 9.17) is 0 Å². The van der Waals surface area contributed by atoms with Gasteiger partial charge >= 0.3 is 0 Å². The van der Waals surface area contributed by atoms with Crippen LogP contribution in [0.3, 0.4) is 0 Å². The monoisotopic (exact) mass is 239 g/mol. The fraction of sp³-hybridized carbons (Fsp3) is 0.556. The topological polar surface area (TPSA) is 65.6 Å². The van der Waals surface area contributed by atoms with Crippen LogP contribution in [0.5, 0.6) is 0 Å². The lowest BCUT2D eigenvalue weighted by Gasteiger charge is -2.01. The van der Waals surface area contributed by atoms with Gasteiger partial charge in [0, 0.05) is 13.6 Å². The van der Waals surface area contributed by atoms with Crippen molar-refractivity contribution in [1.82, 2.24) is 24.8 Å². The Labute approximate surface area is 96.6 Å². The van der Waals surface area contributed by atoms with Crippen LogP contribution >= 0.6 is 11.8 Å². The van der Waals surface area contributed by atoms with Crippen LogP contribution in [0.2, 0.25) is 0 Å². The highest BCUT2D eigenvalue weighted by atomic mass is 32.2. The molecule has 0 radical (unpaired) electrons. The Bertz CT molecular complexity index is 546. The fourth-order valence-corrected chi connectivity index (χ4v) is 1.90. The average Bonchev–Trinajstić information content (AvgIpc) is 2.65. The normalized spacial score (nSPS) is 11.1. The predicted octanol–water partition coefficient (Wildman–Crippen LogP) is 0.278. The van der Waals surface area contributed by atoms with Crippen LogP contribution < -0.4 is 5.56 Å². The molecule has 6 nitrogen and oxygen atoms in total. The van der Waals surface area contributed by atoms with Gasteiger partial charge in [0.15, 0.2) is 5.65 Å². The van der Waals surface area contributed by atoms with Crippen LogP contribution in [-0.4, -0.2) is 36.8 Å². The molecule has 0 aromatic carbocycles. The molecule has 16 heavy (non-hydrogen) atoms. The summed E-state index contributed by atoms with van der Waals surface area (Å²) in [5, 5.41) is 12.4. The summed E-state index contributed by atoms with van der Waals surface area (Å²) in [6.07, 6.45) is 4.50. The van der Waals surface area contributed by atoms with Gasteiger partial charge in [0.25, 0.3) is 5.56 Å². The highest BCUT2D eigenvalue weighted by Gasteiger charge is 2.08. The number of thioether (sulfide) groups is 1. The van der Waals surface area contributed by atoms with E-state index in [0.29, 0.717) is 17.6 Å². The molecule has 0 bridgehead atoms. The first-order chi connectivity index (χ1) is 7.74. The summed E-state index contributed by atoms with van der Waals surface area (Å²) in [5.74, 6) is 1.01. The van der Waals surface area contributed by atoms with Crippen molar-refractivity contribution in [2.24, 2.45) is 7.05 Å². The van der Waals surface area contributed by atoms with Gasteiger partial charge in [-0.3, -0.25) is 4.79 Å². The highest BCUT2D eigenvalue weighted by Crippen LogP contribution is 2.02. The van der Waals surface area contributed by atoms with E-state index in [1.165, 1.54) is 10.9 Å². The lowest BCUT2D eigenvalue weighted by atomic mass is 10.4. The van der Waals surface area contributed by atoms with Crippen molar-refractivity contribution in [3.05, 3.63) is 16.6 Å². The van der Waals surface area contributed by atoms with E-state index in [1.54, 1.807) is 23.5 Å². The molecule has 7 heteroatoms. The van der Waals surface area contributed by atoms with Crippen molar-refractivity contribution in [1.29, 1.82) is 0 Å². The van der Waals surface area contributed by atoms with Crippen molar-refractivity contribution in [2.75, 3.05) is 12.0 Å². The number of aromatic nitrogens is 5. The molecule has 2 aromatic rings. The summed E-state index contributed by atoms with van der Waals surface area (Å²) in [4.78, 5) is 11.9. The van der Waals surface area contributed by atoms with E-state index < -0.39 is 0 Å². The quantitative estimate of drug-likeness (QED) is 0.717.